The quantitative estimate of drug-likeness (QED) is 0.567. The molecule has 1 aromatic heterocycles. The number of rotatable bonds is 4. The minimum absolute atomic E-state index is 0.104. The Hall–Kier alpha value is -2.64. The molecular weight excluding hydrogens is 384 g/mol. The highest BCUT2D eigenvalue weighted by Gasteiger charge is 2.68. The number of carbonyl (C=O) groups is 1. The van der Waals surface area contributed by atoms with Gasteiger partial charge in [0.15, 0.2) is 11.5 Å². The van der Waals surface area contributed by atoms with Gasteiger partial charge in [0, 0.05) is 30.2 Å². The lowest BCUT2D eigenvalue weighted by atomic mass is 9.77. The second-order valence-electron chi connectivity index (χ2n) is 8.12. The van der Waals surface area contributed by atoms with E-state index < -0.39 is 11.5 Å². The van der Waals surface area contributed by atoms with Gasteiger partial charge < -0.3 is 18.9 Å². The number of ether oxygens (including phenoxy) is 4. The summed E-state index contributed by atoms with van der Waals surface area (Å²) in [7, 11) is 4.68. The monoisotopic (exact) mass is 410 g/mol. The van der Waals surface area contributed by atoms with Crippen molar-refractivity contribution in [1.82, 2.24) is 9.88 Å². The van der Waals surface area contributed by atoms with Gasteiger partial charge in [-0.05, 0) is 37.0 Å². The number of nitrogens with zero attached hydrogens (tertiary/aromatic N) is 2. The molecule has 0 radical (unpaired) electrons. The van der Waals surface area contributed by atoms with Crippen molar-refractivity contribution in [3.05, 3.63) is 41.6 Å². The van der Waals surface area contributed by atoms with E-state index >= 15 is 0 Å². The molecule has 1 aromatic carbocycles. The fraction of sp³-hybridized carbons (Fsp3) is 0.478. The van der Waals surface area contributed by atoms with Crippen LogP contribution in [0, 0.1) is 11.8 Å². The van der Waals surface area contributed by atoms with Gasteiger partial charge in [0.1, 0.15) is 12.3 Å². The van der Waals surface area contributed by atoms with Gasteiger partial charge in [-0.2, -0.15) is 0 Å². The lowest BCUT2D eigenvalue weighted by Gasteiger charge is -2.35. The van der Waals surface area contributed by atoms with Crippen molar-refractivity contribution in [2.24, 2.45) is 11.8 Å². The second-order valence-corrected chi connectivity index (χ2v) is 8.12. The summed E-state index contributed by atoms with van der Waals surface area (Å²) in [6.07, 6.45) is 4.79. The van der Waals surface area contributed by atoms with Gasteiger partial charge in [-0.3, -0.25) is 14.7 Å². The van der Waals surface area contributed by atoms with Gasteiger partial charge in [0.25, 0.3) is 0 Å². The van der Waals surface area contributed by atoms with Crippen molar-refractivity contribution in [3.8, 4) is 11.5 Å². The molecule has 2 bridgehead atoms. The van der Waals surface area contributed by atoms with E-state index in [0.29, 0.717) is 18.2 Å². The van der Waals surface area contributed by atoms with Crippen LogP contribution < -0.4 is 9.47 Å². The van der Waals surface area contributed by atoms with Gasteiger partial charge in [-0.25, -0.2) is 0 Å². The molecule has 0 N–H and O–H groups in total. The molecule has 3 heterocycles. The van der Waals surface area contributed by atoms with Gasteiger partial charge in [0.2, 0.25) is 0 Å². The highest BCUT2D eigenvalue weighted by Crippen LogP contribution is 2.60. The summed E-state index contributed by atoms with van der Waals surface area (Å²) in [6, 6.07) is 5.88. The van der Waals surface area contributed by atoms with Crippen molar-refractivity contribution >= 4 is 16.9 Å². The first-order valence-electron chi connectivity index (χ1n) is 10.2. The average Bonchev–Trinajstić information content (AvgIpc) is 3.28. The maximum atomic E-state index is 13.1. The number of hydrogen-bond donors (Lipinski definition) is 0. The van der Waals surface area contributed by atoms with Gasteiger partial charge in [-0.15, -0.1) is 0 Å². The van der Waals surface area contributed by atoms with E-state index in [4.69, 9.17) is 18.9 Å². The van der Waals surface area contributed by atoms with Crippen molar-refractivity contribution < 1.29 is 23.7 Å². The molecule has 7 heteroatoms. The number of piperidine rings is 1. The van der Waals surface area contributed by atoms with Crippen LogP contribution in [-0.4, -0.2) is 56.5 Å². The van der Waals surface area contributed by atoms with Gasteiger partial charge in [0.05, 0.1) is 32.8 Å². The van der Waals surface area contributed by atoms with Crippen LogP contribution in [0.1, 0.15) is 18.9 Å². The smallest absolute Gasteiger partial charge is 0.312 e. The zero-order valence-corrected chi connectivity index (χ0v) is 17.7. The number of allylic oxidation sites excluding steroid dienone is 1. The van der Waals surface area contributed by atoms with Crippen LogP contribution in [-0.2, 0) is 19.9 Å². The largest absolute Gasteiger partial charge is 0.493 e. The molecular formula is C23H26N2O5. The van der Waals surface area contributed by atoms with Crippen LogP contribution in [0.25, 0.3) is 10.9 Å². The third kappa shape index (κ3) is 2.39. The van der Waals surface area contributed by atoms with Crippen LogP contribution in [0.4, 0.5) is 0 Å². The molecule has 3 fully saturated rings. The maximum Gasteiger partial charge on any atom is 0.312 e. The van der Waals surface area contributed by atoms with E-state index in [-0.39, 0.29) is 17.9 Å². The molecule has 1 saturated carbocycles. The van der Waals surface area contributed by atoms with Crippen LogP contribution in [0.3, 0.4) is 0 Å². The molecule has 2 aromatic rings. The number of benzene rings is 1. The summed E-state index contributed by atoms with van der Waals surface area (Å²) in [4.78, 5) is 20.0. The number of esters is 1. The first-order valence-corrected chi connectivity index (χ1v) is 10.2. The van der Waals surface area contributed by atoms with E-state index in [1.807, 2.05) is 25.1 Å². The number of methoxy groups -OCH3 is 3. The molecule has 0 spiro atoms. The predicted octanol–water partition coefficient (Wildman–Crippen LogP) is 2.87. The summed E-state index contributed by atoms with van der Waals surface area (Å²) in [5.74, 6) is 0.704. The van der Waals surface area contributed by atoms with Crippen molar-refractivity contribution in [3.63, 3.8) is 0 Å². The normalized spacial score (nSPS) is 31.3. The number of hydrogen-bond acceptors (Lipinski definition) is 7. The van der Waals surface area contributed by atoms with Crippen LogP contribution in [0.5, 0.6) is 11.5 Å². The molecule has 4 atom stereocenters. The van der Waals surface area contributed by atoms with Gasteiger partial charge >= 0.3 is 5.97 Å². The van der Waals surface area contributed by atoms with Crippen molar-refractivity contribution in [1.29, 1.82) is 0 Å². The molecule has 3 aliphatic rings. The minimum Gasteiger partial charge on any atom is -0.493 e. The van der Waals surface area contributed by atoms with E-state index in [1.165, 1.54) is 12.7 Å². The zero-order valence-electron chi connectivity index (χ0n) is 17.7. The number of fused-ring (bicyclic) bond motifs is 2. The summed E-state index contributed by atoms with van der Waals surface area (Å²) < 4.78 is 22.9. The Kier molecular flexibility index (Phi) is 4.48. The number of pyridine rings is 1. The van der Waals surface area contributed by atoms with Gasteiger partial charge in [-0.1, -0.05) is 11.6 Å². The Morgan fingerprint density at radius 2 is 2.03 bits per heavy atom. The fourth-order valence-electron chi connectivity index (χ4n) is 5.83. The first-order chi connectivity index (χ1) is 14.6. The number of carbonyl (C=O) groups excluding carboxylic acids is 1. The Labute approximate surface area is 175 Å². The van der Waals surface area contributed by atoms with Crippen LogP contribution >= 0.6 is 0 Å². The highest BCUT2D eigenvalue weighted by molar-refractivity contribution is 5.88. The summed E-state index contributed by atoms with van der Waals surface area (Å²) in [5, 5.41) is 0.903. The lowest BCUT2D eigenvalue weighted by Crippen LogP contribution is -2.44. The zero-order chi connectivity index (χ0) is 21.0. The molecule has 30 heavy (non-hydrogen) atoms. The molecule has 158 valence electrons. The summed E-state index contributed by atoms with van der Waals surface area (Å²) in [5.41, 5.74) is 2.22. The van der Waals surface area contributed by atoms with Crippen LogP contribution in [0.15, 0.2) is 36.0 Å². The van der Waals surface area contributed by atoms with Crippen molar-refractivity contribution in [2.75, 3.05) is 34.6 Å². The maximum absolute atomic E-state index is 13.1. The molecule has 7 nitrogen and oxygen atoms in total. The molecule has 0 unspecified atom stereocenters. The first kappa shape index (κ1) is 19.3. The van der Waals surface area contributed by atoms with Crippen LogP contribution in [0.2, 0.25) is 0 Å². The average molecular weight is 410 g/mol. The summed E-state index contributed by atoms with van der Waals surface area (Å²) >= 11 is 0. The molecule has 0 amide bonds. The number of aromatic nitrogens is 1. The predicted molar refractivity (Wildman–Crippen MR) is 110 cm³/mol. The van der Waals surface area contributed by atoms with E-state index in [2.05, 4.69) is 16.0 Å². The third-order valence-corrected chi connectivity index (χ3v) is 7.10. The summed E-state index contributed by atoms with van der Waals surface area (Å²) in [6.45, 7) is 3.35. The second kappa shape index (κ2) is 6.96. The molecule has 2 saturated heterocycles. The Morgan fingerprint density at radius 1 is 1.27 bits per heavy atom. The molecule has 1 aliphatic carbocycles. The van der Waals surface area contributed by atoms with E-state index in [0.717, 1.165) is 29.4 Å². The molecule has 5 rings (SSSR count). The Bertz CT molecular complexity index is 1050. The fourth-order valence-corrected chi connectivity index (χ4v) is 5.83. The lowest BCUT2D eigenvalue weighted by molar-refractivity contribution is -0.158. The minimum atomic E-state index is -0.788. The van der Waals surface area contributed by atoms with Crippen molar-refractivity contribution in [2.45, 2.75) is 25.0 Å². The Balaban J connectivity index is 1.78. The topological polar surface area (TPSA) is 70.1 Å². The van der Waals surface area contributed by atoms with E-state index in [9.17, 15) is 4.79 Å². The standard InChI is InChI=1S/C23H26N2O5/c1-5-13-11-25-12-30-23(20(25)9-14(13)21(23)22(26)29-4)16-6-7-24-17-10-19(28-3)18(27-2)8-15(16)17/h5-8,10,14,20-21H,9,11-12H2,1-4H3/t14-,20-,21+,23-/m0/s1. The Morgan fingerprint density at radius 3 is 2.73 bits per heavy atom. The van der Waals surface area contributed by atoms with E-state index in [1.54, 1.807) is 20.4 Å². The molecule has 2 aliphatic heterocycles. The third-order valence-electron chi connectivity index (χ3n) is 7.10. The highest BCUT2D eigenvalue weighted by atomic mass is 16.5. The SMILES string of the molecule is CC=C1CN2CO[C@@]3(c4ccnc5cc(OC)c(OC)cc45)[C@@H]2C[C@@H]1[C@@H]3C(=O)OC.